The summed E-state index contributed by atoms with van der Waals surface area (Å²) in [6.07, 6.45) is 1.25. The first kappa shape index (κ1) is 13.8. The molecule has 1 aromatic rings. The molecule has 2 nitrogen and oxygen atoms in total. The van der Waals surface area contributed by atoms with E-state index in [-0.39, 0.29) is 5.57 Å². The van der Waals surface area contributed by atoms with Gasteiger partial charge in [-0.05, 0) is 29.8 Å². The first-order chi connectivity index (χ1) is 8.29. The van der Waals surface area contributed by atoms with E-state index in [4.69, 9.17) is 16.7 Å². The third-order valence-electron chi connectivity index (χ3n) is 2.41. The van der Waals surface area contributed by atoms with Crippen molar-refractivity contribution in [3.05, 3.63) is 34.4 Å². The molecule has 0 saturated carbocycles. The highest BCUT2D eigenvalue weighted by molar-refractivity contribution is 8.00. The number of fused-ring (bicyclic) bond motifs is 1. The van der Waals surface area contributed by atoms with Gasteiger partial charge in [-0.1, -0.05) is 20.8 Å². The fourth-order valence-corrected chi connectivity index (χ4v) is 3.30. The van der Waals surface area contributed by atoms with Crippen LogP contribution < -0.4 is 0 Å². The van der Waals surface area contributed by atoms with Gasteiger partial charge in [0.1, 0.15) is 5.25 Å². The molecule has 1 aliphatic heterocycles. The minimum atomic E-state index is -3.19. The highest BCUT2D eigenvalue weighted by Crippen LogP contribution is 2.47. The summed E-state index contributed by atoms with van der Waals surface area (Å²) in [6.45, 7) is 0. The Bertz CT molecular complexity index is 542. The van der Waals surface area contributed by atoms with E-state index in [1.165, 1.54) is 15.3 Å². The predicted molar refractivity (Wildman–Crippen MR) is 71.4 cm³/mol. The Morgan fingerprint density at radius 3 is 2.72 bits per heavy atom. The molecule has 0 saturated heterocycles. The van der Waals surface area contributed by atoms with Crippen LogP contribution in [0.5, 0.6) is 0 Å². The monoisotopic (exact) mass is 308 g/mol. The van der Waals surface area contributed by atoms with Crippen LogP contribution in [0.25, 0.3) is 6.08 Å². The van der Waals surface area contributed by atoms with Crippen molar-refractivity contribution in [2.45, 2.75) is 15.8 Å². The number of aliphatic carboxylic acids is 1. The molecule has 1 N–H and O–H groups in total. The Kier molecular flexibility index (Phi) is 3.67. The summed E-state index contributed by atoms with van der Waals surface area (Å²) in [7, 11) is 1.39. The average molecular weight is 309 g/mol. The fraction of sp³-hybridized carbons (Fsp3) is 0.182. The smallest absolute Gasteiger partial charge is 0.332 e. The minimum Gasteiger partial charge on any atom is -0.478 e. The highest BCUT2D eigenvalue weighted by atomic mass is 35.5. The number of benzene rings is 1. The van der Waals surface area contributed by atoms with Crippen molar-refractivity contribution < 1.29 is 18.7 Å². The Morgan fingerprint density at radius 2 is 2.17 bits per heavy atom. The van der Waals surface area contributed by atoms with E-state index in [9.17, 15) is 13.6 Å². The third-order valence-corrected chi connectivity index (χ3v) is 4.65. The summed E-state index contributed by atoms with van der Waals surface area (Å²) >= 11 is 6.62. The molecule has 0 radical (unpaired) electrons. The van der Waals surface area contributed by atoms with Crippen molar-refractivity contribution in [3.63, 3.8) is 0 Å². The Hall–Kier alpha value is -0.640. The van der Waals surface area contributed by atoms with Crippen LogP contribution in [-0.2, 0) is 4.79 Å². The van der Waals surface area contributed by atoms with Gasteiger partial charge in [0.2, 0.25) is 0 Å². The second-order valence-electron chi connectivity index (χ2n) is 3.76. The number of hydrogen-bond acceptors (Lipinski definition) is 2. The first-order valence-corrected chi connectivity index (χ1v) is 6.70. The van der Waals surface area contributed by atoms with E-state index >= 15 is 0 Å². The number of halogens is 3. The minimum absolute atomic E-state index is 0.324. The molecule has 0 aromatic heterocycles. The number of carboxylic acids is 1. The van der Waals surface area contributed by atoms with Crippen molar-refractivity contribution in [2.24, 2.45) is 0 Å². The summed E-state index contributed by atoms with van der Waals surface area (Å²) in [5.74, 6) is -1.35. The number of rotatable bonds is 2. The zero-order chi connectivity index (χ0) is 13.5. The van der Waals surface area contributed by atoms with Crippen molar-refractivity contribution in [1.82, 2.24) is 0 Å². The summed E-state index contributed by atoms with van der Waals surface area (Å²) in [5, 5.41) is 8.02. The van der Waals surface area contributed by atoms with E-state index in [2.05, 4.69) is 0 Å². The van der Waals surface area contributed by atoms with Gasteiger partial charge in [0.05, 0.1) is 5.57 Å². The van der Waals surface area contributed by atoms with Crippen molar-refractivity contribution in [3.8, 4) is 0 Å². The van der Waals surface area contributed by atoms with Gasteiger partial charge < -0.3 is 5.11 Å². The van der Waals surface area contributed by atoms with Crippen LogP contribution in [0.3, 0.4) is 0 Å². The largest absolute Gasteiger partial charge is 0.478 e. The molecule has 0 amide bonds. The van der Waals surface area contributed by atoms with Crippen LogP contribution in [-0.4, -0.2) is 22.0 Å². The predicted octanol–water partition coefficient (Wildman–Crippen LogP) is 3.75. The van der Waals surface area contributed by atoms with Crippen LogP contribution in [0.4, 0.5) is 8.78 Å². The maximum absolute atomic E-state index is 13.4. The Balaban J connectivity index is 2.53. The fourth-order valence-electron chi connectivity index (χ4n) is 1.63. The second kappa shape index (κ2) is 4.80. The summed E-state index contributed by atoms with van der Waals surface area (Å²) < 4.78 is 26.8. The van der Waals surface area contributed by atoms with E-state index in [0.717, 1.165) is 11.8 Å². The molecule has 7 heteroatoms. The molecule has 2 unspecified atom stereocenters. The maximum Gasteiger partial charge on any atom is 0.332 e. The summed E-state index contributed by atoms with van der Waals surface area (Å²) in [4.78, 5) is 11.6. The van der Waals surface area contributed by atoms with Gasteiger partial charge >= 0.3 is 5.97 Å². The zero-order valence-corrected chi connectivity index (χ0v) is 11.6. The molecule has 0 spiro atoms. The lowest BCUT2D eigenvalue weighted by Gasteiger charge is -2.27. The Labute approximate surface area is 114 Å². The quantitative estimate of drug-likeness (QED) is 0.846. The molecular formula is C11H8ClF2O2PS. The summed E-state index contributed by atoms with van der Waals surface area (Å²) in [6, 6.07) is 4.76. The summed E-state index contributed by atoms with van der Waals surface area (Å²) in [5.41, 5.74) is -2.96. The van der Waals surface area contributed by atoms with Gasteiger partial charge in [-0.2, -0.15) is 0 Å². The molecule has 1 aliphatic rings. The molecule has 96 valence electrons. The van der Waals surface area contributed by atoms with Gasteiger partial charge in [-0.3, -0.25) is 0 Å². The highest BCUT2D eigenvalue weighted by Gasteiger charge is 2.42. The van der Waals surface area contributed by atoms with Gasteiger partial charge in [0.15, 0.2) is 0 Å². The van der Waals surface area contributed by atoms with E-state index < -0.39 is 16.9 Å². The normalized spacial score (nSPS) is 19.1. The average Bonchev–Trinajstić information content (AvgIpc) is 2.25. The first-order valence-electron chi connectivity index (χ1n) is 4.87. The van der Waals surface area contributed by atoms with Crippen molar-refractivity contribution >= 4 is 44.6 Å². The second-order valence-corrected chi connectivity index (χ2v) is 6.11. The van der Waals surface area contributed by atoms with Crippen LogP contribution in [0.2, 0.25) is 5.02 Å². The topological polar surface area (TPSA) is 37.3 Å². The lowest BCUT2D eigenvalue weighted by molar-refractivity contribution is -0.133. The van der Waals surface area contributed by atoms with Crippen molar-refractivity contribution in [2.75, 3.05) is 0 Å². The molecule has 0 aliphatic carbocycles. The molecule has 2 rings (SSSR count). The third kappa shape index (κ3) is 2.68. The van der Waals surface area contributed by atoms with E-state index in [1.54, 1.807) is 18.2 Å². The maximum atomic E-state index is 13.4. The van der Waals surface area contributed by atoms with Crippen molar-refractivity contribution in [1.29, 1.82) is 0 Å². The zero-order valence-electron chi connectivity index (χ0n) is 8.86. The van der Waals surface area contributed by atoms with Gasteiger partial charge in [0.25, 0.3) is 5.66 Å². The lowest BCUT2D eigenvalue weighted by atomic mass is 10.1. The van der Waals surface area contributed by atoms with Crippen LogP contribution in [0.1, 0.15) is 5.56 Å². The number of hydrogen-bond donors (Lipinski definition) is 1. The SMILES string of the molecule is O=C(O)C1=Cc2cc(Cl)ccc2SC1C(F)(F)P. The lowest BCUT2D eigenvalue weighted by Crippen LogP contribution is -2.31. The molecule has 1 aromatic carbocycles. The van der Waals surface area contributed by atoms with Crippen LogP contribution in [0.15, 0.2) is 28.7 Å². The van der Waals surface area contributed by atoms with Crippen LogP contribution in [0, 0.1) is 0 Å². The molecule has 0 fully saturated rings. The molecular weight excluding hydrogens is 301 g/mol. The molecule has 2 atom stereocenters. The number of carboxylic acid groups (broad SMARTS) is 1. The Morgan fingerprint density at radius 1 is 1.50 bits per heavy atom. The van der Waals surface area contributed by atoms with Crippen LogP contribution >= 0.6 is 32.6 Å². The van der Waals surface area contributed by atoms with Gasteiger partial charge in [-0.25, -0.2) is 13.6 Å². The number of thioether (sulfide) groups is 1. The number of carbonyl (C=O) groups is 1. The standard InChI is InChI=1S/C11H8ClF2O2PS/c12-6-1-2-8-5(3-6)4-7(10(15)16)9(18-8)11(13,14)17/h1-4,9H,17H2,(H,15,16). The van der Waals surface area contributed by atoms with E-state index in [1.807, 2.05) is 0 Å². The van der Waals surface area contributed by atoms with E-state index in [0.29, 0.717) is 15.5 Å². The molecule has 1 heterocycles. The molecule has 0 bridgehead atoms. The van der Waals surface area contributed by atoms with Gasteiger partial charge in [-0.15, -0.1) is 11.8 Å². The number of alkyl halides is 2. The van der Waals surface area contributed by atoms with Gasteiger partial charge in [0, 0.05) is 9.92 Å². The molecule has 18 heavy (non-hydrogen) atoms.